The van der Waals surface area contributed by atoms with Crippen molar-refractivity contribution in [2.45, 2.75) is 19.4 Å². The number of carbonyl (C=O) groups excluding carboxylic acids is 2. The number of esters is 1. The van der Waals surface area contributed by atoms with Gasteiger partial charge in [0.25, 0.3) is 0 Å². The molecule has 0 saturated heterocycles. The number of Topliss-reactive ketones (excluding diaryl/α,β-unsaturated/α-hetero) is 1. The van der Waals surface area contributed by atoms with E-state index in [1.54, 1.807) is 24.3 Å². The highest BCUT2D eigenvalue weighted by Gasteiger charge is 2.21. The summed E-state index contributed by atoms with van der Waals surface area (Å²) < 4.78 is 4.95. The summed E-state index contributed by atoms with van der Waals surface area (Å²) in [6.07, 6.45) is 0.506. The number of benzene rings is 2. The zero-order valence-corrected chi connectivity index (χ0v) is 13.1. The second-order valence-corrected chi connectivity index (χ2v) is 6.11. The third-order valence-corrected chi connectivity index (χ3v) is 3.91. The van der Waals surface area contributed by atoms with Crippen LogP contribution in [0.3, 0.4) is 0 Å². The van der Waals surface area contributed by atoms with E-state index in [9.17, 15) is 9.59 Å². The van der Waals surface area contributed by atoms with Gasteiger partial charge < -0.3 is 4.74 Å². The lowest BCUT2D eigenvalue weighted by atomic mass is 9.99. The highest BCUT2D eigenvalue weighted by atomic mass is 35.5. The van der Waals surface area contributed by atoms with Crippen molar-refractivity contribution in [3.8, 4) is 0 Å². The second-order valence-electron chi connectivity index (χ2n) is 5.24. The summed E-state index contributed by atoms with van der Waals surface area (Å²) in [6, 6.07) is 10.5. The molecule has 3 nitrogen and oxygen atoms in total. The first kappa shape index (κ1) is 15.1. The van der Waals surface area contributed by atoms with Crippen molar-refractivity contribution in [2.24, 2.45) is 0 Å². The predicted molar refractivity (Wildman–Crippen MR) is 84.4 cm³/mol. The first-order valence-electron chi connectivity index (χ1n) is 6.77. The van der Waals surface area contributed by atoms with Crippen molar-refractivity contribution in [1.82, 2.24) is 0 Å². The number of ketones is 1. The lowest BCUT2D eigenvalue weighted by Gasteiger charge is -2.05. The van der Waals surface area contributed by atoms with Crippen LogP contribution in [-0.4, -0.2) is 11.8 Å². The maximum absolute atomic E-state index is 12.2. The number of halogens is 2. The Hall–Kier alpha value is -1.84. The minimum Gasteiger partial charge on any atom is -0.457 e. The van der Waals surface area contributed by atoms with E-state index in [0.29, 0.717) is 22.2 Å². The third-order valence-electron chi connectivity index (χ3n) is 3.48. The molecule has 112 valence electrons. The van der Waals surface area contributed by atoms with Crippen LogP contribution in [0.2, 0.25) is 10.0 Å². The van der Waals surface area contributed by atoms with Gasteiger partial charge >= 0.3 is 5.97 Å². The minimum atomic E-state index is -0.328. The van der Waals surface area contributed by atoms with Crippen LogP contribution in [0.4, 0.5) is 0 Å². The maximum Gasteiger partial charge on any atom is 0.338 e. The lowest BCUT2D eigenvalue weighted by Crippen LogP contribution is -2.07. The summed E-state index contributed by atoms with van der Waals surface area (Å²) >= 11 is 11.9. The molecule has 5 heteroatoms. The van der Waals surface area contributed by atoms with Gasteiger partial charge in [0, 0.05) is 28.5 Å². The van der Waals surface area contributed by atoms with Crippen LogP contribution in [0.1, 0.15) is 27.0 Å². The van der Waals surface area contributed by atoms with E-state index in [2.05, 4.69) is 0 Å². The number of ether oxygens (including phenoxy) is 1. The molecule has 2 aromatic carbocycles. The Kier molecular flexibility index (Phi) is 4.19. The molecule has 2 aromatic rings. The summed E-state index contributed by atoms with van der Waals surface area (Å²) in [6.45, 7) is 0.309. The Morgan fingerprint density at radius 1 is 1.00 bits per heavy atom. The summed E-state index contributed by atoms with van der Waals surface area (Å²) in [5, 5.41) is 1.02. The van der Waals surface area contributed by atoms with E-state index in [0.717, 1.165) is 16.7 Å². The van der Waals surface area contributed by atoms with Gasteiger partial charge in [-0.2, -0.15) is 0 Å². The number of rotatable bonds is 4. The predicted octanol–water partition coefficient (Wildman–Crippen LogP) is 4.02. The summed E-state index contributed by atoms with van der Waals surface area (Å²) in [5.74, 6) is -0.296. The fourth-order valence-corrected chi connectivity index (χ4v) is 3.07. The highest BCUT2D eigenvalue weighted by molar-refractivity contribution is 6.34. The molecule has 0 saturated carbocycles. The smallest absolute Gasteiger partial charge is 0.338 e. The summed E-state index contributed by atoms with van der Waals surface area (Å²) in [7, 11) is 0. The van der Waals surface area contributed by atoms with Gasteiger partial charge in [-0.1, -0.05) is 35.3 Å². The van der Waals surface area contributed by atoms with Crippen molar-refractivity contribution in [3.05, 3.63) is 68.7 Å². The standard InChI is InChI=1S/C17H12Cl2O3/c18-13-3-11(4-14(19)8-13)6-15(20)5-10-1-2-12-9-22-17(21)16(12)7-10/h1-4,7-8H,5-6,9H2. The Bertz CT molecular complexity index is 748. The first-order valence-corrected chi connectivity index (χ1v) is 7.52. The molecule has 0 spiro atoms. The molecule has 0 aromatic heterocycles. The van der Waals surface area contributed by atoms with Crippen LogP contribution in [0, 0.1) is 0 Å². The fourth-order valence-electron chi connectivity index (χ4n) is 2.50. The quantitative estimate of drug-likeness (QED) is 0.793. The van der Waals surface area contributed by atoms with Crippen LogP contribution in [-0.2, 0) is 29.0 Å². The van der Waals surface area contributed by atoms with E-state index in [4.69, 9.17) is 27.9 Å². The SMILES string of the molecule is O=C(Cc1cc(Cl)cc(Cl)c1)Cc1ccc2c(c1)C(=O)OC2. The van der Waals surface area contributed by atoms with Crippen molar-refractivity contribution in [2.75, 3.05) is 0 Å². The number of cyclic esters (lactones) is 1. The molecular weight excluding hydrogens is 323 g/mol. The van der Waals surface area contributed by atoms with Crippen LogP contribution in [0.15, 0.2) is 36.4 Å². The Balaban J connectivity index is 1.72. The van der Waals surface area contributed by atoms with Gasteiger partial charge in [0.05, 0.1) is 5.56 Å². The van der Waals surface area contributed by atoms with Gasteiger partial charge in [0.15, 0.2) is 0 Å². The van der Waals surface area contributed by atoms with Gasteiger partial charge in [-0.25, -0.2) is 4.79 Å². The molecule has 1 aliphatic rings. The van der Waals surface area contributed by atoms with E-state index in [1.807, 2.05) is 12.1 Å². The van der Waals surface area contributed by atoms with Gasteiger partial charge in [0.1, 0.15) is 12.4 Å². The van der Waals surface area contributed by atoms with Crippen LogP contribution in [0.5, 0.6) is 0 Å². The van der Waals surface area contributed by atoms with E-state index < -0.39 is 0 Å². The molecule has 0 bridgehead atoms. The molecule has 0 amide bonds. The molecular formula is C17H12Cl2O3. The number of hydrogen-bond acceptors (Lipinski definition) is 3. The molecule has 0 fully saturated rings. The average molecular weight is 335 g/mol. The van der Waals surface area contributed by atoms with E-state index in [1.165, 1.54) is 0 Å². The third kappa shape index (κ3) is 3.32. The Morgan fingerprint density at radius 2 is 1.68 bits per heavy atom. The highest BCUT2D eigenvalue weighted by Crippen LogP contribution is 2.22. The second kappa shape index (κ2) is 6.11. The normalized spacial score (nSPS) is 12.9. The Morgan fingerprint density at radius 3 is 2.41 bits per heavy atom. The molecule has 0 N–H and O–H groups in total. The van der Waals surface area contributed by atoms with E-state index in [-0.39, 0.29) is 24.6 Å². The molecule has 3 rings (SSSR count). The van der Waals surface area contributed by atoms with Gasteiger partial charge in [-0.3, -0.25) is 4.79 Å². The first-order chi connectivity index (χ1) is 10.5. The summed E-state index contributed by atoms with van der Waals surface area (Å²) in [4.78, 5) is 23.7. The van der Waals surface area contributed by atoms with Crippen molar-refractivity contribution in [1.29, 1.82) is 0 Å². The van der Waals surface area contributed by atoms with Crippen molar-refractivity contribution >= 4 is 35.0 Å². The Labute approximate surface area is 137 Å². The zero-order valence-electron chi connectivity index (χ0n) is 11.6. The van der Waals surface area contributed by atoms with Gasteiger partial charge in [-0.15, -0.1) is 0 Å². The largest absolute Gasteiger partial charge is 0.457 e. The van der Waals surface area contributed by atoms with Crippen LogP contribution >= 0.6 is 23.2 Å². The molecule has 0 radical (unpaired) electrons. The number of fused-ring (bicyclic) bond motifs is 1. The maximum atomic E-state index is 12.2. The fraction of sp³-hybridized carbons (Fsp3) is 0.176. The monoisotopic (exact) mass is 334 g/mol. The van der Waals surface area contributed by atoms with Gasteiger partial charge in [0.2, 0.25) is 0 Å². The van der Waals surface area contributed by atoms with Crippen molar-refractivity contribution in [3.63, 3.8) is 0 Å². The average Bonchev–Trinajstić information content (AvgIpc) is 2.79. The number of hydrogen-bond donors (Lipinski definition) is 0. The van der Waals surface area contributed by atoms with Crippen LogP contribution in [0.25, 0.3) is 0 Å². The zero-order chi connectivity index (χ0) is 15.7. The number of carbonyl (C=O) groups is 2. The molecule has 0 aliphatic carbocycles. The molecule has 0 unspecified atom stereocenters. The molecule has 1 aliphatic heterocycles. The van der Waals surface area contributed by atoms with E-state index >= 15 is 0 Å². The topological polar surface area (TPSA) is 43.4 Å². The van der Waals surface area contributed by atoms with Gasteiger partial charge in [-0.05, 0) is 35.4 Å². The molecule has 1 heterocycles. The minimum absolute atomic E-state index is 0.0321. The molecule has 0 atom stereocenters. The van der Waals surface area contributed by atoms with Crippen LogP contribution < -0.4 is 0 Å². The summed E-state index contributed by atoms with van der Waals surface area (Å²) in [5.41, 5.74) is 3.00. The molecule has 22 heavy (non-hydrogen) atoms. The lowest BCUT2D eigenvalue weighted by molar-refractivity contribution is -0.117. The van der Waals surface area contributed by atoms with Crippen molar-refractivity contribution < 1.29 is 14.3 Å².